The van der Waals surface area contributed by atoms with Crippen LogP contribution in [-0.2, 0) is 0 Å². The van der Waals surface area contributed by atoms with Crippen molar-refractivity contribution in [2.75, 3.05) is 0 Å². The average Bonchev–Trinajstić information content (AvgIpc) is 2.55. The van der Waals surface area contributed by atoms with Gasteiger partial charge in [0.05, 0.1) is 0 Å². The molecule has 0 aliphatic carbocycles. The quantitative estimate of drug-likeness (QED) is 0.712. The molecule has 2 nitrogen and oxygen atoms in total. The summed E-state index contributed by atoms with van der Waals surface area (Å²) in [6.45, 7) is 0. The topological polar surface area (TPSA) is 37.3 Å². The van der Waals surface area contributed by atoms with Crippen molar-refractivity contribution in [3.63, 3.8) is 0 Å². The summed E-state index contributed by atoms with van der Waals surface area (Å²) in [5, 5.41) is 9.56. The second-order valence-corrected chi connectivity index (χ2v) is 4.84. The fourth-order valence-electron chi connectivity index (χ4n) is 2.41. The number of aromatic hydroxyl groups is 1. The van der Waals surface area contributed by atoms with Gasteiger partial charge in [0.25, 0.3) is 0 Å². The minimum atomic E-state index is 0.215. The van der Waals surface area contributed by atoms with Crippen LogP contribution >= 0.6 is 0 Å². The second kappa shape index (κ2) is 5.63. The first-order chi connectivity index (χ1) is 10.3. The molecule has 2 heteroatoms. The number of hydrogen-bond donors (Lipinski definition) is 1. The first-order valence-corrected chi connectivity index (χ1v) is 6.72. The Bertz CT molecular complexity index is 777. The summed E-state index contributed by atoms with van der Waals surface area (Å²) in [5.74, 6) is 0.215. The summed E-state index contributed by atoms with van der Waals surface area (Å²) in [7, 11) is 0. The highest BCUT2D eigenvalue weighted by molar-refractivity contribution is 5.90. The van der Waals surface area contributed by atoms with E-state index in [1.165, 1.54) is 0 Å². The molecule has 3 aromatic rings. The number of rotatable bonds is 3. The highest BCUT2D eigenvalue weighted by atomic mass is 16.3. The van der Waals surface area contributed by atoms with Gasteiger partial charge in [0.2, 0.25) is 0 Å². The molecule has 0 atom stereocenters. The zero-order valence-electron chi connectivity index (χ0n) is 11.4. The smallest absolute Gasteiger partial charge is 0.150 e. The van der Waals surface area contributed by atoms with E-state index in [0.29, 0.717) is 5.56 Å². The van der Waals surface area contributed by atoms with E-state index in [1.54, 1.807) is 18.2 Å². The summed E-state index contributed by atoms with van der Waals surface area (Å²) in [6.07, 6.45) is 0.870. The van der Waals surface area contributed by atoms with Gasteiger partial charge >= 0.3 is 0 Å². The van der Waals surface area contributed by atoms with E-state index in [0.717, 1.165) is 28.5 Å². The van der Waals surface area contributed by atoms with E-state index in [-0.39, 0.29) is 5.75 Å². The number of carbonyl (C=O) groups is 1. The molecule has 0 saturated carbocycles. The van der Waals surface area contributed by atoms with Crippen molar-refractivity contribution >= 4 is 6.29 Å². The van der Waals surface area contributed by atoms with Gasteiger partial charge in [0.1, 0.15) is 5.75 Å². The van der Waals surface area contributed by atoms with E-state index in [9.17, 15) is 9.90 Å². The molecule has 21 heavy (non-hydrogen) atoms. The third kappa shape index (κ3) is 2.70. The van der Waals surface area contributed by atoms with Crippen LogP contribution in [0.3, 0.4) is 0 Å². The highest BCUT2D eigenvalue weighted by Gasteiger charge is 2.07. The van der Waals surface area contributed by atoms with Gasteiger partial charge in [-0.15, -0.1) is 0 Å². The van der Waals surface area contributed by atoms with E-state index < -0.39 is 0 Å². The van der Waals surface area contributed by atoms with Gasteiger partial charge in [-0.3, -0.25) is 4.79 Å². The van der Waals surface area contributed by atoms with Gasteiger partial charge in [-0.05, 0) is 40.5 Å². The molecule has 102 valence electrons. The Morgan fingerprint density at radius 1 is 0.714 bits per heavy atom. The van der Waals surface area contributed by atoms with Crippen LogP contribution in [0.1, 0.15) is 10.4 Å². The monoisotopic (exact) mass is 274 g/mol. The maximum Gasteiger partial charge on any atom is 0.150 e. The van der Waals surface area contributed by atoms with Crippen LogP contribution in [0, 0.1) is 0 Å². The van der Waals surface area contributed by atoms with E-state index >= 15 is 0 Å². The molecule has 0 heterocycles. The summed E-state index contributed by atoms with van der Waals surface area (Å²) in [4.78, 5) is 11.4. The molecule has 3 aromatic carbocycles. The lowest BCUT2D eigenvalue weighted by molar-refractivity contribution is 0.112. The SMILES string of the molecule is O=Cc1cc(-c2cccc(O)c2)ccc1-c1ccccc1. The van der Waals surface area contributed by atoms with Crippen LogP contribution in [0.25, 0.3) is 22.3 Å². The third-order valence-corrected chi connectivity index (χ3v) is 3.44. The van der Waals surface area contributed by atoms with Crippen molar-refractivity contribution < 1.29 is 9.90 Å². The van der Waals surface area contributed by atoms with Crippen LogP contribution in [0.5, 0.6) is 5.75 Å². The first-order valence-electron chi connectivity index (χ1n) is 6.72. The second-order valence-electron chi connectivity index (χ2n) is 4.84. The molecule has 0 unspecified atom stereocenters. The summed E-state index contributed by atoms with van der Waals surface area (Å²) in [5.41, 5.74) is 4.36. The number of phenolic OH excluding ortho intramolecular Hbond substituents is 1. The maximum absolute atomic E-state index is 11.4. The fraction of sp³-hybridized carbons (Fsp3) is 0. The molecule has 0 spiro atoms. The van der Waals surface area contributed by atoms with E-state index in [2.05, 4.69) is 0 Å². The molecule has 0 aliphatic rings. The van der Waals surface area contributed by atoms with Crippen molar-refractivity contribution in [1.82, 2.24) is 0 Å². The van der Waals surface area contributed by atoms with Gasteiger partial charge in [-0.1, -0.05) is 54.6 Å². The number of carbonyl (C=O) groups excluding carboxylic acids is 1. The maximum atomic E-state index is 11.4. The Kier molecular flexibility index (Phi) is 3.52. The predicted molar refractivity (Wildman–Crippen MR) is 84.4 cm³/mol. The number of hydrogen-bond acceptors (Lipinski definition) is 2. The molecule has 0 radical (unpaired) electrons. The predicted octanol–water partition coefficient (Wildman–Crippen LogP) is 4.54. The molecule has 0 bridgehead atoms. The van der Waals surface area contributed by atoms with Crippen molar-refractivity contribution in [3.8, 4) is 28.0 Å². The lowest BCUT2D eigenvalue weighted by Gasteiger charge is -2.08. The first kappa shape index (κ1) is 13.1. The van der Waals surface area contributed by atoms with Crippen LogP contribution in [0.2, 0.25) is 0 Å². The average molecular weight is 274 g/mol. The number of benzene rings is 3. The Morgan fingerprint density at radius 3 is 2.14 bits per heavy atom. The normalized spacial score (nSPS) is 10.3. The largest absolute Gasteiger partial charge is 0.508 e. The Hall–Kier alpha value is -2.87. The molecule has 0 aromatic heterocycles. The minimum absolute atomic E-state index is 0.215. The van der Waals surface area contributed by atoms with Crippen LogP contribution in [0.4, 0.5) is 0 Å². The zero-order chi connectivity index (χ0) is 14.7. The highest BCUT2D eigenvalue weighted by Crippen LogP contribution is 2.29. The minimum Gasteiger partial charge on any atom is -0.508 e. The number of aldehydes is 1. The molecular weight excluding hydrogens is 260 g/mol. The standard InChI is InChI=1S/C19H14O2/c20-13-17-11-16(15-7-4-8-18(21)12-15)9-10-19(17)14-5-2-1-3-6-14/h1-13,21H. The molecule has 0 saturated heterocycles. The van der Waals surface area contributed by atoms with Gasteiger partial charge in [0.15, 0.2) is 6.29 Å². The van der Waals surface area contributed by atoms with Crippen LogP contribution in [-0.4, -0.2) is 11.4 Å². The Labute approximate surface area is 123 Å². The summed E-state index contributed by atoms with van der Waals surface area (Å²) in [6, 6.07) is 22.6. The molecule has 1 N–H and O–H groups in total. The summed E-state index contributed by atoms with van der Waals surface area (Å²) < 4.78 is 0. The van der Waals surface area contributed by atoms with E-state index in [4.69, 9.17) is 0 Å². The van der Waals surface area contributed by atoms with Crippen molar-refractivity contribution in [2.45, 2.75) is 0 Å². The molecule has 0 fully saturated rings. The lowest BCUT2D eigenvalue weighted by Crippen LogP contribution is -1.89. The van der Waals surface area contributed by atoms with Crippen LogP contribution < -0.4 is 0 Å². The summed E-state index contributed by atoms with van der Waals surface area (Å²) >= 11 is 0. The van der Waals surface area contributed by atoms with Gasteiger partial charge < -0.3 is 5.11 Å². The Morgan fingerprint density at radius 2 is 1.43 bits per heavy atom. The Balaban J connectivity index is 2.10. The van der Waals surface area contributed by atoms with Gasteiger partial charge in [0, 0.05) is 5.56 Å². The molecular formula is C19H14O2. The van der Waals surface area contributed by atoms with Crippen molar-refractivity contribution in [3.05, 3.63) is 78.4 Å². The third-order valence-electron chi connectivity index (χ3n) is 3.44. The molecule has 0 amide bonds. The van der Waals surface area contributed by atoms with E-state index in [1.807, 2.05) is 54.6 Å². The lowest BCUT2D eigenvalue weighted by atomic mass is 9.95. The zero-order valence-corrected chi connectivity index (χ0v) is 11.4. The van der Waals surface area contributed by atoms with Crippen LogP contribution in [0.15, 0.2) is 72.8 Å². The number of phenols is 1. The van der Waals surface area contributed by atoms with Crippen molar-refractivity contribution in [2.24, 2.45) is 0 Å². The molecule has 0 aliphatic heterocycles. The fourth-order valence-corrected chi connectivity index (χ4v) is 2.41. The van der Waals surface area contributed by atoms with Crippen molar-refractivity contribution in [1.29, 1.82) is 0 Å². The van der Waals surface area contributed by atoms with Gasteiger partial charge in [-0.2, -0.15) is 0 Å². The van der Waals surface area contributed by atoms with Gasteiger partial charge in [-0.25, -0.2) is 0 Å². The molecule has 3 rings (SSSR count).